The molecule has 1 aliphatic heterocycles. The van der Waals surface area contributed by atoms with Crippen LogP contribution in [0.3, 0.4) is 0 Å². The summed E-state index contributed by atoms with van der Waals surface area (Å²) < 4.78 is 10.5. The van der Waals surface area contributed by atoms with Crippen molar-refractivity contribution in [2.24, 2.45) is 5.92 Å². The van der Waals surface area contributed by atoms with Gasteiger partial charge >= 0.3 is 0 Å². The average Bonchev–Trinajstić information content (AvgIpc) is 2.40. The highest BCUT2D eigenvalue weighted by Gasteiger charge is 2.33. The van der Waals surface area contributed by atoms with Gasteiger partial charge in [0.25, 0.3) is 0 Å². The fraction of sp³-hybridized carbons (Fsp3) is 0.600. The van der Waals surface area contributed by atoms with Crippen LogP contribution < -0.4 is 4.74 Å². The van der Waals surface area contributed by atoms with Crippen molar-refractivity contribution in [3.05, 3.63) is 29.8 Å². The minimum absolute atomic E-state index is 0.327. The van der Waals surface area contributed by atoms with Crippen LogP contribution in [0.1, 0.15) is 25.3 Å². The zero-order valence-corrected chi connectivity index (χ0v) is 11.2. The van der Waals surface area contributed by atoms with Crippen LogP contribution in [-0.2, 0) is 11.2 Å². The topological polar surface area (TPSA) is 38.7 Å². The van der Waals surface area contributed by atoms with E-state index in [2.05, 4.69) is 0 Å². The summed E-state index contributed by atoms with van der Waals surface area (Å²) in [5, 5.41) is 10.6. The van der Waals surface area contributed by atoms with Crippen LogP contribution in [0.25, 0.3) is 0 Å². The first-order chi connectivity index (χ1) is 8.62. The molecule has 0 saturated carbocycles. The van der Waals surface area contributed by atoms with Crippen LogP contribution in [0.2, 0.25) is 0 Å². The summed E-state index contributed by atoms with van der Waals surface area (Å²) in [5.74, 6) is 1.18. The molecule has 1 aromatic rings. The molecule has 1 aliphatic rings. The van der Waals surface area contributed by atoms with E-state index in [0.717, 1.165) is 37.4 Å². The molecule has 3 nitrogen and oxygen atoms in total. The molecule has 100 valence electrons. The Morgan fingerprint density at radius 3 is 2.44 bits per heavy atom. The summed E-state index contributed by atoms with van der Waals surface area (Å²) in [6, 6.07) is 7.92. The Balaban J connectivity index is 2.01. The number of hydrogen-bond donors (Lipinski definition) is 1. The Morgan fingerprint density at radius 1 is 1.28 bits per heavy atom. The largest absolute Gasteiger partial charge is 0.497 e. The number of ether oxygens (including phenoxy) is 2. The van der Waals surface area contributed by atoms with E-state index < -0.39 is 5.60 Å². The van der Waals surface area contributed by atoms with E-state index >= 15 is 0 Å². The van der Waals surface area contributed by atoms with Gasteiger partial charge in [0.15, 0.2) is 0 Å². The monoisotopic (exact) mass is 250 g/mol. The van der Waals surface area contributed by atoms with Crippen LogP contribution in [0, 0.1) is 5.92 Å². The Bertz CT molecular complexity index is 364. The van der Waals surface area contributed by atoms with Crippen LogP contribution in [0.15, 0.2) is 24.3 Å². The van der Waals surface area contributed by atoms with Gasteiger partial charge in [-0.15, -0.1) is 0 Å². The summed E-state index contributed by atoms with van der Waals surface area (Å²) in [5.41, 5.74) is 0.491. The van der Waals surface area contributed by atoms with Gasteiger partial charge in [-0.05, 0) is 43.4 Å². The fourth-order valence-corrected chi connectivity index (χ4v) is 2.62. The Morgan fingerprint density at radius 2 is 1.89 bits per heavy atom. The molecule has 1 fully saturated rings. The molecule has 1 unspecified atom stereocenters. The van der Waals surface area contributed by atoms with Crippen molar-refractivity contribution in [1.82, 2.24) is 0 Å². The SMILES string of the molecule is COc1ccc(CC(C)(O)C2CCOCC2)cc1. The molecule has 1 saturated heterocycles. The van der Waals surface area contributed by atoms with Crippen molar-refractivity contribution in [2.45, 2.75) is 31.8 Å². The lowest BCUT2D eigenvalue weighted by Crippen LogP contribution is -2.40. The lowest BCUT2D eigenvalue weighted by atomic mass is 9.79. The third kappa shape index (κ3) is 3.24. The first-order valence-electron chi connectivity index (χ1n) is 6.55. The summed E-state index contributed by atoms with van der Waals surface area (Å²) in [6.07, 6.45) is 2.58. The molecule has 1 heterocycles. The summed E-state index contributed by atoms with van der Waals surface area (Å²) in [7, 11) is 1.66. The second kappa shape index (κ2) is 5.72. The van der Waals surface area contributed by atoms with Gasteiger partial charge in [-0.2, -0.15) is 0 Å². The van der Waals surface area contributed by atoms with Gasteiger partial charge in [0.2, 0.25) is 0 Å². The quantitative estimate of drug-likeness (QED) is 0.892. The van der Waals surface area contributed by atoms with Crippen LogP contribution in [0.4, 0.5) is 0 Å². The maximum Gasteiger partial charge on any atom is 0.118 e. The van der Waals surface area contributed by atoms with Gasteiger partial charge in [0, 0.05) is 19.6 Å². The van der Waals surface area contributed by atoms with E-state index in [9.17, 15) is 5.11 Å². The van der Waals surface area contributed by atoms with Crippen molar-refractivity contribution < 1.29 is 14.6 Å². The average molecular weight is 250 g/mol. The van der Waals surface area contributed by atoms with E-state index in [1.807, 2.05) is 31.2 Å². The van der Waals surface area contributed by atoms with Crippen LogP contribution in [0.5, 0.6) is 5.75 Å². The van der Waals surface area contributed by atoms with Crippen LogP contribution >= 0.6 is 0 Å². The number of benzene rings is 1. The Labute approximate surface area is 109 Å². The van der Waals surface area contributed by atoms with E-state index in [-0.39, 0.29) is 0 Å². The molecular weight excluding hydrogens is 228 g/mol. The van der Waals surface area contributed by atoms with Gasteiger partial charge in [0.1, 0.15) is 5.75 Å². The molecule has 18 heavy (non-hydrogen) atoms. The van der Waals surface area contributed by atoms with Gasteiger partial charge in [-0.1, -0.05) is 12.1 Å². The first kappa shape index (κ1) is 13.4. The third-order valence-corrected chi connectivity index (χ3v) is 3.82. The molecule has 1 N–H and O–H groups in total. The smallest absolute Gasteiger partial charge is 0.118 e. The molecule has 0 aromatic heterocycles. The van der Waals surface area contributed by atoms with Gasteiger partial charge < -0.3 is 14.6 Å². The van der Waals surface area contributed by atoms with Gasteiger partial charge in [0.05, 0.1) is 12.7 Å². The standard InChI is InChI=1S/C15H22O3/c1-15(16,13-7-9-18-10-8-13)11-12-3-5-14(17-2)6-4-12/h3-6,13,16H,7-11H2,1-2H3. The molecular formula is C15H22O3. The predicted octanol–water partition coefficient (Wildman–Crippen LogP) is 2.42. The molecule has 0 amide bonds. The minimum atomic E-state index is -0.654. The van der Waals surface area contributed by atoms with Gasteiger partial charge in [-0.25, -0.2) is 0 Å². The molecule has 1 atom stereocenters. The first-order valence-corrected chi connectivity index (χ1v) is 6.55. The summed E-state index contributed by atoms with van der Waals surface area (Å²) in [6.45, 7) is 3.47. The predicted molar refractivity (Wildman–Crippen MR) is 70.9 cm³/mol. The number of methoxy groups -OCH3 is 1. The summed E-state index contributed by atoms with van der Waals surface area (Å²) in [4.78, 5) is 0. The molecule has 0 bridgehead atoms. The van der Waals surface area contributed by atoms with E-state index in [4.69, 9.17) is 9.47 Å². The highest BCUT2D eigenvalue weighted by Crippen LogP contribution is 2.30. The molecule has 0 spiro atoms. The molecule has 0 radical (unpaired) electrons. The number of rotatable bonds is 4. The van der Waals surface area contributed by atoms with Crippen molar-refractivity contribution in [1.29, 1.82) is 0 Å². The highest BCUT2D eigenvalue weighted by molar-refractivity contribution is 5.28. The normalized spacial score (nSPS) is 20.4. The zero-order valence-electron chi connectivity index (χ0n) is 11.2. The lowest BCUT2D eigenvalue weighted by molar-refractivity contribution is -0.0530. The zero-order chi connectivity index (χ0) is 13.0. The Hall–Kier alpha value is -1.06. The number of aliphatic hydroxyl groups is 1. The second-order valence-corrected chi connectivity index (χ2v) is 5.27. The highest BCUT2D eigenvalue weighted by atomic mass is 16.5. The maximum atomic E-state index is 10.6. The van der Waals surface area contributed by atoms with Crippen molar-refractivity contribution >= 4 is 0 Å². The summed E-state index contributed by atoms with van der Waals surface area (Å²) >= 11 is 0. The van der Waals surface area contributed by atoms with E-state index in [1.54, 1.807) is 7.11 Å². The van der Waals surface area contributed by atoms with Crippen molar-refractivity contribution in [2.75, 3.05) is 20.3 Å². The van der Waals surface area contributed by atoms with E-state index in [0.29, 0.717) is 12.3 Å². The van der Waals surface area contributed by atoms with Crippen molar-refractivity contribution in [3.8, 4) is 5.75 Å². The minimum Gasteiger partial charge on any atom is -0.497 e. The molecule has 1 aromatic carbocycles. The molecule has 3 heteroatoms. The third-order valence-electron chi connectivity index (χ3n) is 3.82. The maximum absolute atomic E-state index is 10.6. The lowest BCUT2D eigenvalue weighted by Gasteiger charge is -2.35. The Kier molecular flexibility index (Phi) is 4.25. The second-order valence-electron chi connectivity index (χ2n) is 5.27. The van der Waals surface area contributed by atoms with Crippen LogP contribution in [-0.4, -0.2) is 31.0 Å². The van der Waals surface area contributed by atoms with E-state index in [1.165, 1.54) is 0 Å². The fourth-order valence-electron chi connectivity index (χ4n) is 2.62. The molecule has 0 aliphatic carbocycles. The number of hydrogen-bond acceptors (Lipinski definition) is 3. The van der Waals surface area contributed by atoms with Gasteiger partial charge in [-0.3, -0.25) is 0 Å². The van der Waals surface area contributed by atoms with Crippen molar-refractivity contribution in [3.63, 3.8) is 0 Å². The molecule has 2 rings (SSSR count).